The van der Waals surface area contributed by atoms with Gasteiger partial charge < -0.3 is 19.6 Å². The Hall–Kier alpha value is -2.57. The second-order valence-corrected chi connectivity index (χ2v) is 11.2. The van der Waals surface area contributed by atoms with Crippen LogP contribution in [0, 0.1) is 11.3 Å². The molecular formula is C26H40N4O3. The maximum atomic E-state index is 13.6. The number of rotatable bonds is 6. The molecule has 0 N–H and O–H groups in total. The summed E-state index contributed by atoms with van der Waals surface area (Å²) in [5.41, 5.74) is 0.469. The maximum absolute atomic E-state index is 13.6. The first-order valence-corrected chi connectivity index (χ1v) is 12.0. The zero-order chi connectivity index (χ0) is 24.4. The number of nitrogens with zero attached hydrogens (tertiary/aromatic N) is 4. The van der Waals surface area contributed by atoms with Crippen molar-refractivity contribution in [1.82, 2.24) is 14.7 Å². The Labute approximate surface area is 198 Å². The minimum Gasteiger partial charge on any atom is -0.347 e. The fourth-order valence-electron chi connectivity index (χ4n) is 5.30. The summed E-state index contributed by atoms with van der Waals surface area (Å²) in [6.07, 6.45) is 2.70. The largest absolute Gasteiger partial charge is 0.347 e. The second kappa shape index (κ2) is 9.74. The van der Waals surface area contributed by atoms with Crippen molar-refractivity contribution in [1.29, 1.82) is 0 Å². The summed E-state index contributed by atoms with van der Waals surface area (Å²) < 4.78 is 0. The van der Waals surface area contributed by atoms with Crippen LogP contribution in [0.5, 0.6) is 0 Å². The molecule has 0 saturated carbocycles. The number of hydrogen-bond donors (Lipinski definition) is 0. The summed E-state index contributed by atoms with van der Waals surface area (Å²) >= 11 is 0. The van der Waals surface area contributed by atoms with E-state index in [2.05, 4.69) is 32.6 Å². The molecule has 3 amide bonds. The summed E-state index contributed by atoms with van der Waals surface area (Å²) in [5, 5.41) is 0. The normalized spacial score (nSPS) is 19.2. The van der Waals surface area contributed by atoms with Crippen molar-refractivity contribution in [3.8, 4) is 0 Å². The van der Waals surface area contributed by atoms with Gasteiger partial charge in [-0.15, -0.1) is 0 Å². The van der Waals surface area contributed by atoms with E-state index < -0.39 is 5.54 Å². The number of para-hydroxylation sites is 1. The topological polar surface area (TPSA) is 64.2 Å². The summed E-state index contributed by atoms with van der Waals surface area (Å²) in [5.74, 6) is 0.413. The number of likely N-dealkylation sites (N-methyl/N-ethyl adjacent to an activating group) is 1. The number of anilines is 1. The third kappa shape index (κ3) is 5.68. The molecule has 0 radical (unpaired) electrons. The Kier molecular flexibility index (Phi) is 7.39. The number of carbonyl (C=O) groups is 3. The van der Waals surface area contributed by atoms with Crippen molar-refractivity contribution in [3.63, 3.8) is 0 Å². The van der Waals surface area contributed by atoms with Crippen LogP contribution in [0.1, 0.15) is 53.4 Å². The minimum absolute atomic E-state index is 0.00486. The van der Waals surface area contributed by atoms with Gasteiger partial charge in [0.05, 0.1) is 6.67 Å². The van der Waals surface area contributed by atoms with E-state index in [-0.39, 0.29) is 29.7 Å². The van der Waals surface area contributed by atoms with Gasteiger partial charge in [-0.05, 0) is 42.7 Å². The molecule has 182 valence electrons. The fraction of sp³-hybridized carbons (Fsp3) is 0.654. The van der Waals surface area contributed by atoms with Crippen molar-refractivity contribution in [3.05, 3.63) is 30.3 Å². The lowest BCUT2D eigenvalue weighted by atomic mass is 9.83. The van der Waals surface area contributed by atoms with Gasteiger partial charge in [-0.25, -0.2) is 0 Å². The predicted octanol–water partition coefficient (Wildman–Crippen LogP) is 3.20. The Balaban J connectivity index is 1.74. The molecule has 1 aromatic rings. The van der Waals surface area contributed by atoms with Crippen molar-refractivity contribution >= 4 is 23.4 Å². The molecule has 1 aromatic carbocycles. The molecule has 3 rings (SSSR count). The van der Waals surface area contributed by atoms with E-state index in [9.17, 15) is 14.4 Å². The number of amides is 3. The molecule has 7 heteroatoms. The Morgan fingerprint density at radius 1 is 1.09 bits per heavy atom. The Bertz CT molecular complexity index is 854. The van der Waals surface area contributed by atoms with Crippen LogP contribution in [0.15, 0.2) is 30.3 Å². The van der Waals surface area contributed by atoms with Crippen LogP contribution < -0.4 is 4.90 Å². The molecule has 0 bridgehead atoms. The minimum atomic E-state index is -0.707. The van der Waals surface area contributed by atoms with Crippen LogP contribution in [0.25, 0.3) is 0 Å². The first-order valence-electron chi connectivity index (χ1n) is 12.0. The number of carbonyl (C=O) groups excluding carboxylic acids is 3. The highest BCUT2D eigenvalue weighted by Crippen LogP contribution is 2.39. The number of hydrogen-bond acceptors (Lipinski definition) is 4. The van der Waals surface area contributed by atoms with Crippen LogP contribution in [-0.2, 0) is 14.4 Å². The van der Waals surface area contributed by atoms with Gasteiger partial charge in [0.1, 0.15) is 12.1 Å². The molecule has 1 spiro atoms. The second-order valence-electron chi connectivity index (χ2n) is 11.2. The van der Waals surface area contributed by atoms with Crippen LogP contribution >= 0.6 is 0 Å². The maximum Gasteiger partial charge on any atom is 0.250 e. The first kappa shape index (κ1) is 25.1. The molecular weight excluding hydrogens is 416 g/mol. The molecule has 2 saturated heterocycles. The van der Waals surface area contributed by atoms with Crippen LogP contribution in [0.3, 0.4) is 0 Å². The molecule has 33 heavy (non-hydrogen) atoms. The van der Waals surface area contributed by atoms with Gasteiger partial charge in [0.15, 0.2) is 0 Å². The molecule has 2 heterocycles. The summed E-state index contributed by atoms with van der Waals surface area (Å²) in [6.45, 7) is 10.3. The Morgan fingerprint density at radius 2 is 1.70 bits per heavy atom. The van der Waals surface area contributed by atoms with E-state index in [0.29, 0.717) is 44.9 Å². The highest BCUT2D eigenvalue weighted by atomic mass is 16.2. The molecule has 2 aliphatic rings. The average Bonchev–Trinajstić information content (AvgIpc) is 2.99. The van der Waals surface area contributed by atoms with Gasteiger partial charge in [-0.3, -0.25) is 14.4 Å². The van der Waals surface area contributed by atoms with Crippen molar-refractivity contribution in [2.45, 2.75) is 58.9 Å². The summed E-state index contributed by atoms with van der Waals surface area (Å²) in [6, 6.07) is 9.92. The van der Waals surface area contributed by atoms with E-state index in [1.165, 1.54) is 4.90 Å². The molecule has 1 atom stereocenters. The first-order chi connectivity index (χ1) is 15.4. The van der Waals surface area contributed by atoms with E-state index in [4.69, 9.17) is 0 Å². The standard InChI is InChI=1S/C26H40N4O3/c1-20(17-25(2,3)4)16-22(31)28-14-12-26(13-15-28)24(33)29(18-23(32)27(5)6)19-30(26)21-10-8-7-9-11-21/h7-11,20H,12-19H2,1-6H3/t20-/m1/s1. The number of likely N-dealkylation sites (tertiary alicyclic amines) is 1. The molecule has 7 nitrogen and oxygen atoms in total. The van der Waals surface area contributed by atoms with E-state index in [0.717, 1.165) is 12.1 Å². The van der Waals surface area contributed by atoms with E-state index in [1.54, 1.807) is 19.0 Å². The van der Waals surface area contributed by atoms with Crippen molar-refractivity contribution in [2.75, 3.05) is 45.3 Å². The van der Waals surface area contributed by atoms with Crippen LogP contribution in [0.4, 0.5) is 5.69 Å². The number of benzene rings is 1. The Morgan fingerprint density at radius 3 is 2.24 bits per heavy atom. The molecule has 0 aliphatic carbocycles. The molecule has 2 fully saturated rings. The van der Waals surface area contributed by atoms with Gasteiger partial charge in [0.2, 0.25) is 11.8 Å². The lowest BCUT2D eigenvalue weighted by Gasteiger charge is -2.43. The highest BCUT2D eigenvalue weighted by Gasteiger charge is 2.54. The average molecular weight is 457 g/mol. The predicted molar refractivity (Wildman–Crippen MR) is 131 cm³/mol. The van der Waals surface area contributed by atoms with E-state index in [1.807, 2.05) is 35.2 Å². The quantitative estimate of drug-likeness (QED) is 0.659. The zero-order valence-corrected chi connectivity index (χ0v) is 21.1. The van der Waals surface area contributed by atoms with E-state index >= 15 is 0 Å². The van der Waals surface area contributed by atoms with Crippen LogP contribution in [-0.4, -0.2) is 78.4 Å². The fourth-order valence-corrected chi connectivity index (χ4v) is 5.30. The zero-order valence-electron chi connectivity index (χ0n) is 21.1. The molecule has 0 unspecified atom stereocenters. The van der Waals surface area contributed by atoms with Crippen LogP contribution in [0.2, 0.25) is 0 Å². The highest BCUT2D eigenvalue weighted by molar-refractivity contribution is 5.96. The third-order valence-corrected chi connectivity index (χ3v) is 6.83. The number of piperidine rings is 1. The molecule has 2 aliphatic heterocycles. The third-order valence-electron chi connectivity index (χ3n) is 6.83. The van der Waals surface area contributed by atoms with Gasteiger partial charge >= 0.3 is 0 Å². The summed E-state index contributed by atoms with van der Waals surface area (Å²) in [4.78, 5) is 46.2. The van der Waals surface area contributed by atoms with Gasteiger partial charge in [0, 0.05) is 39.3 Å². The smallest absolute Gasteiger partial charge is 0.250 e. The lowest BCUT2D eigenvalue weighted by Crippen LogP contribution is -2.57. The van der Waals surface area contributed by atoms with Gasteiger partial charge in [-0.2, -0.15) is 0 Å². The lowest BCUT2D eigenvalue weighted by molar-refractivity contribution is -0.141. The monoisotopic (exact) mass is 456 g/mol. The van der Waals surface area contributed by atoms with Gasteiger partial charge in [-0.1, -0.05) is 45.9 Å². The SMILES string of the molecule is C[C@H](CC(=O)N1CCC2(CC1)C(=O)N(CC(=O)N(C)C)CN2c1ccccc1)CC(C)(C)C. The summed E-state index contributed by atoms with van der Waals surface area (Å²) in [7, 11) is 3.41. The van der Waals surface area contributed by atoms with Crippen molar-refractivity contribution < 1.29 is 14.4 Å². The molecule has 0 aromatic heterocycles. The van der Waals surface area contributed by atoms with Gasteiger partial charge in [0.25, 0.3) is 5.91 Å². The van der Waals surface area contributed by atoms with Crippen molar-refractivity contribution in [2.24, 2.45) is 11.3 Å².